The van der Waals surface area contributed by atoms with Crippen LogP contribution in [0.4, 0.5) is 0 Å². The summed E-state index contributed by atoms with van der Waals surface area (Å²) in [5, 5.41) is 6.25. The van der Waals surface area contributed by atoms with Gasteiger partial charge in [-0.3, -0.25) is 9.69 Å². The summed E-state index contributed by atoms with van der Waals surface area (Å²) in [7, 11) is 3.58. The van der Waals surface area contributed by atoms with E-state index in [1.807, 2.05) is 66.5 Å². The van der Waals surface area contributed by atoms with Gasteiger partial charge in [0.1, 0.15) is 17.6 Å². The summed E-state index contributed by atoms with van der Waals surface area (Å²) in [6.07, 6.45) is 2.23. The molecule has 1 atom stereocenters. The molecule has 0 aliphatic carbocycles. The minimum absolute atomic E-state index is 0.0571. The molecule has 0 saturated carbocycles. The second kappa shape index (κ2) is 8.97. The van der Waals surface area contributed by atoms with Gasteiger partial charge in [0.2, 0.25) is 0 Å². The second-order valence-corrected chi connectivity index (χ2v) is 7.41. The SMILES string of the molecule is COc1ccc(C2=NN(C(=O)CN(C)Cc3ccccc3)[C@H](c3ccco3)C2)cc1. The highest BCUT2D eigenvalue weighted by Crippen LogP contribution is 2.33. The Morgan fingerprint density at radius 2 is 1.90 bits per heavy atom. The highest BCUT2D eigenvalue weighted by Gasteiger charge is 2.35. The average molecular weight is 403 g/mol. The first kappa shape index (κ1) is 19.9. The summed E-state index contributed by atoms with van der Waals surface area (Å²) in [5.41, 5.74) is 3.00. The monoisotopic (exact) mass is 403 g/mol. The van der Waals surface area contributed by atoms with Gasteiger partial charge in [-0.1, -0.05) is 30.3 Å². The smallest absolute Gasteiger partial charge is 0.257 e. The molecule has 1 aromatic heterocycles. The van der Waals surface area contributed by atoms with Crippen molar-refractivity contribution in [2.24, 2.45) is 5.10 Å². The van der Waals surface area contributed by atoms with Gasteiger partial charge in [-0.05, 0) is 54.6 Å². The largest absolute Gasteiger partial charge is 0.497 e. The van der Waals surface area contributed by atoms with Gasteiger partial charge in [-0.15, -0.1) is 0 Å². The molecule has 30 heavy (non-hydrogen) atoms. The molecule has 0 saturated heterocycles. The van der Waals surface area contributed by atoms with Crippen molar-refractivity contribution in [3.05, 3.63) is 89.9 Å². The molecule has 3 aromatic rings. The van der Waals surface area contributed by atoms with Gasteiger partial charge in [0.05, 0.1) is 25.6 Å². The van der Waals surface area contributed by atoms with Gasteiger partial charge in [0, 0.05) is 13.0 Å². The molecule has 2 heterocycles. The molecule has 0 N–H and O–H groups in total. The van der Waals surface area contributed by atoms with Crippen molar-refractivity contribution >= 4 is 11.6 Å². The van der Waals surface area contributed by atoms with Gasteiger partial charge in [0.15, 0.2) is 0 Å². The van der Waals surface area contributed by atoms with Crippen LogP contribution in [0.1, 0.15) is 29.3 Å². The maximum Gasteiger partial charge on any atom is 0.257 e. The quantitative estimate of drug-likeness (QED) is 0.596. The topological polar surface area (TPSA) is 58.3 Å². The van der Waals surface area contributed by atoms with Crippen LogP contribution in [0.15, 0.2) is 82.5 Å². The lowest BCUT2D eigenvalue weighted by atomic mass is 10.0. The van der Waals surface area contributed by atoms with E-state index in [0.29, 0.717) is 13.0 Å². The summed E-state index contributed by atoms with van der Waals surface area (Å²) < 4.78 is 10.9. The van der Waals surface area contributed by atoms with E-state index in [4.69, 9.17) is 9.15 Å². The lowest BCUT2D eigenvalue weighted by Crippen LogP contribution is -2.36. The van der Waals surface area contributed by atoms with Crippen molar-refractivity contribution < 1.29 is 13.9 Å². The predicted molar refractivity (Wildman–Crippen MR) is 115 cm³/mol. The van der Waals surface area contributed by atoms with Crippen LogP contribution in [0.2, 0.25) is 0 Å². The minimum atomic E-state index is -0.241. The standard InChI is InChI=1S/C24H25N3O3/c1-26(16-18-7-4-3-5-8-18)17-24(28)27-22(23-9-6-14-30-23)15-21(25-27)19-10-12-20(29-2)13-11-19/h3-14,22H,15-17H2,1-2H3/t22-/m0/s1. The molecular formula is C24H25N3O3. The molecule has 1 aliphatic rings. The fraction of sp³-hybridized carbons (Fsp3) is 0.250. The van der Waals surface area contributed by atoms with Gasteiger partial charge in [-0.2, -0.15) is 5.10 Å². The van der Waals surface area contributed by atoms with E-state index in [1.54, 1.807) is 18.4 Å². The highest BCUT2D eigenvalue weighted by atomic mass is 16.5. The van der Waals surface area contributed by atoms with E-state index in [-0.39, 0.29) is 18.5 Å². The molecular weight excluding hydrogens is 378 g/mol. The number of benzene rings is 2. The third-order valence-corrected chi connectivity index (χ3v) is 5.16. The number of nitrogens with zero attached hydrogens (tertiary/aromatic N) is 3. The summed E-state index contributed by atoms with van der Waals surface area (Å²) in [6, 6.07) is 21.3. The number of carbonyl (C=O) groups excluding carboxylic acids is 1. The van der Waals surface area contributed by atoms with Crippen LogP contribution in [0, 0.1) is 0 Å². The molecule has 2 aromatic carbocycles. The average Bonchev–Trinajstić information content (AvgIpc) is 3.44. The number of hydrogen-bond donors (Lipinski definition) is 0. The van der Waals surface area contributed by atoms with E-state index in [2.05, 4.69) is 17.2 Å². The van der Waals surface area contributed by atoms with Crippen LogP contribution in [-0.4, -0.2) is 42.2 Å². The third-order valence-electron chi connectivity index (χ3n) is 5.16. The van der Waals surface area contributed by atoms with Gasteiger partial charge in [-0.25, -0.2) is 5.01 Å². The first-order valence-corrected chi connectivity index (χ1v) is 9.94. The molecule has 0 fully saturated rings. The van der Waals surface area contributed by atoms with Crippen molar-refractivity contribution in [2.75, 3.05) is 20.7 Å². The van der Waals surface area contributed by atoms with Crippen LogP contribution in [-0.2, 0) is 11.3 Å². The fourth-order valence-corrected chi connectivity index (χ4v) is 3.66. The van der Waals surface area contributed by atoms with Gasteiger partial charge in [0.25, 0.3) is 5.91 Å². The van der Waals surface area contributed by atoms with Crippen molar-refractivity contribution in [3.8, 4) is 5.75 Å². The van der Waals surface area contributed by atoms with E-state index in [1.165, 1.54) is 5.56 Å². The number of amides is 1. The molecule has 0 spiro atoms. The Morgan fingerprint density at radius 1 is 1.13 bits per heavy atom. The first-order valence-electron chi connectivity index (χ1n) is 9.94. The number of rotatable bonds is 7. The molecule has 0 unspecified atom stereocenters. The Bertz CT molecular complexity index is 998. The van der Waals surface area contributed by atoms with E-state index < -0.39 is 0 Å². The molecule has 6 heteroatoms. The molecule has 0 bridgehead atoms. The van der Waals surface area contributed by atoms with Gasteiger partial charge >= 0.3 is 0 Å². The Labute approximate surface area is 176 Å². The molecule has 1 aliphatic heterocycles. The second-order valence-electron chi connectivity index (χ2n) is 7.41. The van der Waals surface area contributed by atoms with Crippen molar-refractivity contribution in [1.82, 2.24) is 9.91 Å². The normalized spacial score (nSPS) is 16.0. The van der Waals surface area contributed by atoms with Crippen LogP contribution < -0.4 is 4.74 Å². The lowest BCUT2D eigenvalue weighted by molar-refractivity contribution is -0.134. The van der Waals surface area contributed by atoms with E-state index in [9.17, 15) is 4.79 Å². The van der Waals surface area contributed by atoms with Gasteiger partial charge < -0.3 is 9.15 Å². The fourth-order valence-electron chi connectivity index (χ4n) is 3.66. The number of methoxy groups -OCH3 is 1. The Hall–Kier alpha value is -3.38. The Balaban J connectivity index is 1.52. The number of hydrogen-bond acceptors (Lipinski definition) is 5. The number of likely N-dealkylation sites (N-methyl/N-ethyl adjacent to an activating group) is 1. The van der Waals surface area contributed by atoms with Crippen LogP contribution in [0.3, 0.4) is 0 Å². The molecule has 6 nitrogen and oxygen atoms in total. The summed E-state index contributed by atoms with van der Waals surface area (Å²) >= 11 is 0. The van der Waals surface area contributed by atoms with E-state index >= 15 is 0 Å². The predicted octanol–water partition coefficient (Wildman–Crippen LogP) is 4.10. The number of hydrazone groups is 1. The Morgan fingerprint density at radius 3 is 2.57 bits per heavy atom. The van der Waals surface area contributed by atoms with Crippen molar-refractivity contribution in [1.29, 1.82) is 0 Å². The number of carbonyl (C=O) groups is 1. The van der Waals surface area contributed by atoms with Crippen LogP contribution >= 0.6 is 0 Å². The zero-order valence-electron chi connectivity index (χ0n) is 17.2. The van der Waals surface area contributed by atoms with Crippen LogP contribution in [0.5, 0.6) is 5.75 Å². The highest BCUT2D eigenvalue weighted by molar-refractivity contribution is 6.03. The van der Waals surface area contributed by atoms with Crippen LogP contribution in [0.25, 0.3) is 0 Å². The Kier molecular flexibility index (Phi) is 5.95. The van der Waals surface area contributed by atoms with Crippen molar-refractivity contribution in [2.45, 2.75) is 19.0 Å². The number of furan rings is 1. The number of ether oxygens (including phenoxy) is 1. The molecule has 154 valence electrons. The maximum atomic E-state index is 13.1. The zero-order valence-corrected chi connectivity index (χ0v) is 17.2. The first-order chi connectivity index (χ1) is 14.6. The summed E-state index contributed by atoms with van der Waals surface area (Å²) in [6.45, 7) is 0.965. The molecule has 0 radical (unpaired) electrons. The minimum Gasteiger partial charge on any atom is -0.497 e. The summed E-state index contributed by atoms with van der Waals surface area (Å²) in [4.78, 5) is 15.1. The summed E-state index contributed by atoms with van der Waals surface area (Å²) in [5.74, 6) is 1.47. The molecule has 1 amide bonds. The zero-order chi connectivity index (χ0) is 20.9. The maximum absolute atomic E-state index is 13.1. The molecule has 4 rings (SSSR count). The van der Waals surface area contributed by atoms with Crippen molar-refractivity contribution in [3.63, 3.8) is 0 Å². The van der Waals surface area contributed by atoms with E-state index in [0.717, 1.165) is 22.8 Å². The lowest BCUT2D eigenvalue weighted by Gasteiger charge is -2.23. The third kappa shape index (κ3) is 4.44.